The molecular formula is C12H14O4. The van der Waals surface area contributed by atoms with Gasteiger partial charge >= 0.3 is 5.97 Å². The van der Waals surface area contributed by atoms with Crippen LogP contribution in [0.1, 0.15) is 34.0 Å². The van der Waals surface area contributed by atoms with Crippen LogP contribution in [0.15, 0.2) is 18.2 Å². The Kier molecular flexibility index (Phi) is 2.94. The number of aliphatic hydroxyl groups excluding tert-OH is 2. The van der Waals surface area contributed by atoms with E-state index >= 15 is 0 Å². The first kappa shape index (κ1) is 11.1. The number of benzene rings is 1. The normalized spacial score (nSPS) is 23.7. The number of methoxy groups -OCH3 is 1. The monoisotopic (exact) mass is 222 g/mol. The molecule has 2 N–H and O–H groups in total. The van der Waals surface area contributed by atoms with Crippen LogP contribution in [0.4, 0.5) is 0 Å². The van der Waals surface area contributed by atoms with Gasteiger partial charge in [-0.2, -0.15) is 0 Å². The highest BCUT2D eigenvalue weighted by molar-refractivity contribution is 5.91. The zero-order chi connectivity index (χ0) is 11.7. The highest BCUT2D eigenvalue weighted by Gasteiger charge is 2.30. The van der Waals surface area contributed by atoms with Gasteiger partial charge in [-0.25, -0.2) is 4.79 Å². The van der Waals surface area contributed by atoms with Crippen molar-refractivity contribution in [1.29, 1.82) is 0 Å². The SMILES string of the molecule is COC(=O)c1cccc2c1[C@@H](O)[C@@H](O)CC2. The molecule has 0 unspecified atom stereocenters. The molecule has 1 aromatic rings. The summed E-state index contributed by atoms with van der Waals surface area (Å²) in [7, 11) is 1.30. The van der Waals surface area contributed by atoms with Crippen LogP contribution in [-0.4, -0.2) is 29.4 Å². The van der Waals surface area contributed by atoms with Crippen molar-refractivity contribution < 1.29 is 19.7 Å². The van der Waals surface area contributed by atoms with Crippen molar-refractivity contribution in [3.05, 3.63) is 34.9 Å². The zero-order valence-corrected chi connectivity index (χ0v) is 9.01. The fourth-order valence-corrected chi connectivity index (χ4v) is 2.12. The summed E-state index contributed by atoms with van der Waals surface area (Å²) in [6.45, 7) is 0. The summed E-state index contributed by atoms with van der Waals surface area (Å²) in [5.74, 6) is -0.481. The van der Waals surface area contributed by atoms with Gasteiger partial charge in [0, 0.05) is 5.56 Å². The largest absolute Gasteiger partial charge is 0.465 e. The molecule has 0 fully saturated rings. The summed E-state index contributed by atoms with van der Waals surface area (Å²) in [5.41, 5.74) is 1.75. The maximum atomic E-state index is 11.5. The lowest BCUT2D eigenvalue weighted by molar-refractivity contribution is 0.00536. The Hall–Kier alpha value is -1.39. The van der Waals surface area contributed by atoms with Crippen molar-refractivity contribution in [3.8, 4) is 0 Å². The van der Waals surface area contributed by atoms with E-state index in [0.717, 1.165) is 5.56 Å². The molecular weight excluding hydrogens is 208 g/mol. The number of fused-ring (bicyclic) bond motifs is 1. The van der Waals surface area contributed by atoms with E-state index in [1.807, 2.05) is 6.07 Å². The summed E-state index contributed by atoms with van der Waals surface area (Å²) >= 11 is 0. The van der Waals surface area contributed by atoms with E-state index in [4.69, 9.17) is 0 Å². The summed E-state index contributed by atoms with van der Waals surface area (Å²) in [4.78, 5) is 11.5. The Morgan fingerprint density at radius 2 is 2.19 bits per heavy atom. The molecule has 0 bridgehead atoms. The molecule has 2 atom stereocenters. The van der Waals surface area contributed by atoms with E-state index in [1.54, 1.807) is 12.1 Å². The minimum Gasteiger partial charge on any atom is -0.465 e. The van der Waals surface area contributed by atoms with Crippen LogP contribution in [0, 0.1) is 0 Å². The van der Waals surface area contributed by atoms with Crippen LogP contribution in [0.3, 0.4) is 0 Å². The Balaban J connectivity index is 2.52. The van der Waals surface area contributed by atoms with Gasteiger partial charge in [0.2, 0.25) is 0 Å². The van der Waals surface area contributed by atoms with Crippen molar-refractivity contribution in [2.75, 3.05) is 7.11 Å². The number of carbonyl (C=O) groups is 1. The Bertz CT molecular complexity index is 413. The lowest BCUT2D eigenvalue weighted by Crippen LogP contribution is -2.27. The van der Waals surface area contributed by atoms with Gasteiger partial charge in [0.25, 0.3) is 0 Å². The molecule has 4 heteroatoms. The summed E-state index contributed by atoms with van der Waals surface area (Å²) in [6, 6.07) is 5.22. The van der Waals surface area contributed by atoms with Crippen molar-refractivity contribution in [2.45, 2.75) is 25.0 Å². The van der Waals surface area contributed by atoms with E-state index in [1.165, 1.54) is 7.11 Å². The lowest BCUT2D eigenvalue weighted by Gasteiger charge is -2.27. The van der Waals surface area contributed by atoms with Gasteiger partial charge in [-0.1, -0.05) is 12.1 Å². The molecule has 0 amide bonds. The standard InChI is InChI=1S/C12H14O4/c1-16-12(15)8-4-2-3-7-5-6-9(13)11(14)10(7)8/h2-4,9,11,13-14H,5-6H2,1H3/t9-,11-/m0/s1. The second-order valence-corrected chi connectivity index (χ2v) is 3.92. The number of carbonyl (C=O) groups excluding carboxylic acids is 1. The molecule has 0 aliphatic heterocycles. The first-order valence-electron chi connectivity index (χ1n) is 5.21. The third-order valence-corrected chi connectivity index (χ3v) is 2.97. The van der Waals surface area contributed by atoms with Crippen LogP contribution in [0.2, 0.25) is 0 Å². The van der Waals surface area contributed by atoms with E-state index in [-0.39, 0.29) is 0 Å². The van der Waals surface area contributed by atoms with Gasteiger partial charge in [-0.15, -0.1) is 0 Å². The molecule has 4 nitrogen and oxygen atoms in total. The molecule has 0 aromatic heterocycles. The molecule has 0 saturated heterocycles. The minimum absolute atomic E-state index is 0.339. The van der Waals surface area contributed by atoms with Gasteiger partial charge in [0.15, 0.2) is 0 Å². The van der Waals surface area contributed by atoms with Crippen LogP contribution in [-0.2, 0) is 11.2 Å². The minimum atomic E-state index is -1.00. The van der Waals surface area contributed by atoms with E-state index in [2.05, 4.69) is 4.74 Å². The number of aliphatic hydroxyl groups is 2. The first-order chi connectivity index (χ1) is 7.65. The summed E-state index contributed by atoms with van der Waals surface area (Å²) in [5, 5.41) is 19.5. The third-order valence-electron chi connectivity index (χ3n) is 2.97. The van der Waals surface area contributed by atoms with Crippen LogP contribution in [0.5, 0.6) is 0 Å². The quantitative estimate of drug-likeness (QED) is 0.690. The molecule has 0 saturated carbocycles. The molecule has 0 radical (unpaired) electrons. The van der Waals surface area contributed by atoms with Crippen LogP contribution in [0.25, 0.3) is 0 Å². The van der Waals surface area contributed by atoms with E-state index in [9.17, 15) is 15.0 Å². The topological polar surface area (TPSA) is 66.8 Å². The predicted molar refractivity (Wildman–Crippen MR) is 57.1 cm³/mol. The van der Waals surface area contributed by atoms with Crippen molar-refractivity contribution in [3.63, 3.8) is 0 Å². The van der Waals surface area contributed by atoms with E-state index in [0.29, 0.717) is 24.0 Å². The Morgan fingerprint density at radius 3 is 2.88 bits per heavy atom. The number of hydrogen-bond donors (Lipinski definition) is 2. The maximum absolute atomic E-state index is 11.5. The van der Waals surface area contributed by atoms with Gasteiger partial charge in [0.05, 0.1) is 18.8 Å². The fourth-order valence-electron chi connectivity index (χ4n) is 2.12. The van der Waals surface area contributed by atoms with Gasteiger partial charge in [0.1, 0.15) is 6.10 Å². The molecule has 16 heavy (non-hydrogen) atoms. The second kappa shape index (κ2) is 4.23. The number of ether oxygens (including phenoxy) is 1. The lowest BCUT2D eigenvalue weighted by atomic mass is 9.84. The van der Waals surface area contributed by atoms with Crippen molar-refractivity contribution in [1.82, 2.24) is 0 Å². The molecule has 0 heterocycles. The smallest absolute Gasteiger partial charge is 0.338 e. The fraction of sp³-hybridized carbons (Fsp3) is 0.417. The Labute approximate surface area is 93.5 Å². The van der Waals surface area contributed by atoms with Gasteiger partial charge in [-0.3, -0.25) is 0 Å². The van der Waals surface area contributed by atoms with Gasteiger partial charge in [-0.05, 0) is 24.5 Å². The van der Waals surface area contributed by atoms with Crippen molar-refractivity contribution in [2.24, 2.45) is 0 Å². The highest BCUT2D eigenvalue weighted by Crippen LogP contribution is 2.32. The molecule has 1 aliphatic rings. The molecule has 0 spiro atoms. The average molecular weight is 222 g/mol. The summed E-state index contributed by atoms with van der Waals surface area (Å²) < 4.78 is 4.65. The van der Waals surface area contributed by atoms with Crippen molar-refractivity contribution >= 4 is 5.97 Å². The molecule has 2 rings (SSSR count). The molecule has 1 aliphatic carbocycles. The van der Waals surface area contributed by atoms with Crippen LogP contribution < -0.4 is 0 Å². The third kappa shape index (κ3) is 1.70. The second-order valence-electron chi connectivity index (χ2n) is 3.92. The highest BCUT2D eigenvalue weighted by atomic mass is 16.5. The first-order valence-corrected chi connectivity index (χ1v) is 5.21. The van der Waals surface area contributed by atoms with Crippen LogP contribution >= 0.6 is 0 Å². The maximum Gasteiger partial charge on any atom is 0.338 e. The Morgan fingerprint density at radius 1 is 1.44 bits per heavy atom. The number of rotatable bonds is 1. The number of aryl methyl sites for hydroxylation is 1. The van der Waals surface area contributed by atoms with Gasteiger partial charge < -0.3 is 14.9 Å². The predicted octanol–water partition coefficient (Wildman–Crippen LogP) is 0.814. The zero-order valence-electron chi connectivity index (χ0n) is 9.01. The van der Waals surface area contributed by atoms with E-state index < -0.39 is 18.2 Å². The summed E-state index contributed by atoms with van der Waals surface area (Å²) in [6.07, 6.45) is -0.630. The molecule has 1 aromatic carbocycles. The number of esters is 1. The molecule has 86 valence electrons. The number of hydrogen-bond acceptors (Lipinski definition) is 4. The average Bonchev–Trinajstić information content (AvgIpc) is 2.32.